The van der Waals surface area contributed by atoms with Crippen molar-refractivity contribution >= 4 is 23.5 Å². The second kappa shape index (κ2) is 7.80. The standard InChI is InChI=1S/C23H23ClO4/c1-22(2,3)28-20(25)10-7-13-23(15-16-8-5-4-6-9-16)18-14-17(24)11-12-19(18)27-21(23)26/h4-12,14H,13,15H2,1-3H3/b10-7+/t23-/m0/s1. The zero-order valence-electron chi connectivity index (χ0n) is 16.2. The first-order chi connectivity index (χ1) is 13.2. The first-order valence-corrected chi connectivity index (χ1v) is 9.53. The van der Waals surface area contributed by atoms with Gasteiger partial charge in [0.2, 0.25) is 0 Å². The highest BCUT2D eigenvalue weighted by Gasteiger charge is 2.48. The van der Waals surface area contributed by atoms with E-state index in [1.54, 1.807) is 24.3 Å². The molecular formula is C23H23ClO4. The van der Waals surface area contributed by atoms with Crippen molar-refractivity contribution in [3.63, 3.8) is 0 Å². The fraction of sp³-hybridized carbons (Fsp3) is 0.304. The summed E-state index contributed by atoms with van der Waals surface area (Å²) in [6, 6.07) is 14.9. The Morgan fingerprint density at radius 3 is 2.57 bits per heavy atom. The fourth-order valence-corrected chi connectivity index (χ4v) is 3.51. The minimum absolute atomic E-state index is 0.299. The van der Waals surface area contributed by atoms with E-state index in [2.05, 4.69) is 0 Å². The van der Waals surface area contributed by atoms with Gasteiger partial charge in [0.1, 0.15) is 16.8 Å². The van der Waals surface area contributed by atoms with E-state index in [-0.39, 0.29) is 5.97 Å². The van der Waals surface area contributed by atoms with E-state index in [4.69, 9.17) is 21.1 Å². The van der Waals surface area contributed by atoms with Crippen LogP contribution in [0.4, 0.5) is 0 Å². The normalized spacial score (nSPS) is 18.8. The predicted molar refractivity (Wildman–Crippen MR) is 109 cm³/mol. The Hall–Kier alpha value is -2.59. The summed E-state index contributed by atoms with van der Waals surface area (Å²) in [4.78, 5) is 25.0. The lowest BCUT2D eigenvalue weighted by Crippen LogP contribution is -2.36. The molecule has 0 spiro atoms. The number of fused-ring (bicyclic) bond motifs is 1. The number of hydrogen-bond donors (Lipinski definition) is 0. The average Bonchev–Trinajstić information content (AvgIpc) is 2.86. The molecular weight excluding hydrogens is 376 g/mol. The molecule has 1 heterocycles. The number of halogens is 1. The van der Waals surface area contributed by atoms with Crippen molar-refractivity contribution in [3.8, 4) is 5.75 Å². The van der Waals surface area contributed by atoms with Crippen molar-refractivity contribution in [3.05, 3.63) is 76.8 Å². The Morgan fingerprint density at radius 2 is 1.89 bits per heavy atom. The summed E-state index contributed by atoms with van der Waals surface area (Å²) >= 11 is 6.20. The molecule has 0 bridgehead atoms. The third-order valence-electron chi connectivity index (χ3n) is 4.53. The van der Waals surface area contributed by atoms with Gasteiger partial charge in [-0.2, -0.15) is 0 Å². The van der Waals surface area contributed by atoms with E-state index in [0.717, 1.165) is 11.1 Å². The van der Waals surface area contributed by atoms with Crippen LogP contribution in [0.15, 0.2) is 60.7 Å². The molecule has 3 rings (SSSR count). The second-order valence-electron chi connectivity index (χ2n) is 7.91. The number of allylic oxidation sites excluding steroid dienone is 1. The van der Waals surface area contributed by atoms with Gasteiger partial charge in [0.05, 0.1) is 0 Å². The third-order valence-corrected chi connectivity index (χ3v) is 4.76. The molecule has 1 atom stereocenters. The van der Waals surface area contributed by atoms with Crippen molar-refractivity contribution in [2.75, 3.05) is 0 Å². The van der Waals surface area contributed by atoms with Crippen molar-refractivity contribution < 1.29 is 19.1 Å². The lowest BCUT2D eigenvalue weighted by molar-refractivity contribution is -0.148. The predicted octanol–water partition coefficient (Wildman–Crippen LogP) is 5.03. The first kappa shape index (κ1) is 20.2. The molecule has 1 aliphatic heterocycles. The van der Waals surface area contributed by atoms with E-state index >= 15 is 0 Å². The van der Waals surface area contributed by atoms with Gasteiger partial charge in [-0.25, -0.2) is 4.79 Å². The zero-order valence-corrected chi connectivity index (χ0v) is 17.0. The number of rotatable bonds is 5. The van der Waals surface area contributed by atoms with E-state index in [1.165, 1.54) is 6.08 Å². The Morgan fingerprint density at radius 1 is 1.18 bits per heavy atom. The van der Waals surface area contributed by atoms with Gasteiger partial charge in [-0.15, -0.1) is 0 Å². The number of carbonyl (C=O) groups is 2. The summed E-state index contributed by atoms with van der Waals surface area (Å²) < 4.78 is 10.8. The molecule has 0 aliphatic carbocycles. The van der Waals surface area contributed by atoms with E-state index in [9.17, 15) is 9.59 Å². The summed E-state index contributed by atoms with van der Waals surface area (Å²) in [7, 11) is 0. The summed E-state index contributed by atoms with van der Waals surface area (Å²) in [5.41, 5.74) is 0.219. The van der Waals surface area contributed by atoms with Crippen LogP contribution < -0.4 is 4.74 Å². The van der Waals surface area contributed by atoms with Crippen LogP contribution in [0.2, 0.25) is 5.02 Å². The van der Waals surface area contributed by atoms with Crippen LogP contribution in [-0.4, -0.2) is 17.5 Å². The fourth-order valence-electron chi connectivity index (χ4n) is 3.34. The van der Waals surface area contributed by atoms with Crippen LogP contribution in [0.3, 0.4) is 0 Å². The lowest BCUT2D eigenvalue weighted by Gasteiger charge is -2.25. The van der Waals surface area contributed by atoms with Crippen molar-refractivity contribution in [1.82, 2.24) is 0 Å². The summed E-state index contributed by atoms with van der Waals surface area (Å²) in [5.74, 6) is -0.279. The van der Waals surface area contributed by atoms with Gasteiger partial charge in [0.15, 0.2) is 0 Å². The Kier molecular flexibility index (Phi) is 5.61. The van der Waals surface area contributed by atoms with Crippen molar-refractivity contribution in [1.29, 1.82) is 0 Å². The molecule has 4 nitrogen and oxygen atoms in total. The maximum absolute atomic E-state index is 13.0. The molecule has 0 amide bonds. The minimum Gasteiger partial charge on any atom is -0.457 e. The average molecular weight is 399 g/mol. The van der Waals surface area contributed by atoms with E-state index < -0.39 is 17.0 Å². The molecule has 28 heavy (non-hydrogen) atoms. The van der Waals surface area contributed by atoms with Gasteiger partial charge >= 0.3 is 11.9 Å². The molecule has 0 aromatic heterocycles. The van der Waals surface area contributed by atoms with E-state index in [1.807, 2.05) is 51.1 Å². The second-order valence-corrected chi connectivity index (χ2v) is 8.35. The van der Waals surface area contributed by atoms with Crippen LogP contribution in [0.25, 0.3) is 0 Å². The Labute approximate surface area is 170 Å². The van der Waals surface area contributed by atoms with E-state index in [0.29, 0.717) is 23.6 Å². The molecule has 5 heteroatoms. The molecule has 0 unspecified atom stereocenters. The molecule has 0 fully saturated rings. The minimum atomic E-state index is -0.944. The molecule has 0 radical (unpaired) electrons. The number of ether oxygens (including phenoxy) is 2. The topological polar surface area (TPSA) is 52.6 Å². The molecule has 0 N–H and O–H groups in total. The van der Waals surface area contributed by atoms with Gasteiger partial charge in [0, 0.05) is 16.7 Å². The van der Waals surface area contributed by atoms with Crippen LogP contribution in [-0.2, 0) is 26.2 Å². The van der Waals surface area contributed by atoms with Gasteiger partial charge in [0.25, 0.3) is 0 Å². The van der Waals surface area contributed by atoms with Crippen molar-refractivity contribution in [2.45, 2.75) is 44.6 Å². The summed E-state index contributed by atoms with van der Waals surface area (Å²) in [6.45, 7) is 5.42. The van der Waals surface area contributed by atoms with Crippen LogP contribution in [0, 0.1) is 0 Å². The first-order valence-electron chi connectivity index (χ1n) is 9.15. The van der Waals surface area contributed by atoms with Gasteiger partial charge < -0.3 is 9.47 Å². The van der Waals surface area contributed by atoms with Crippen molar-refractivity contribution in [2.24, 2.45) is 0 Å². The molecule has 2 aromatic carbocycles. The molecule has 0 saturated carbocycles. The highest BCUT2D eigenvalue weighted by Crippen LogP contribution is 2.45. The quantitative estimate of drug-likeness (QED) is 0.403. The monoisotopic (exact) mass is 398 g/mol. The van der Waals surface area contributed by atoms with Gasteiger partial charge in [-0.05, 0) is 57.4 Å². The number of esters is 2. The Bertz CT molecular complexity index is 912. The van der Waals surface area contributed by atoms with Crippen LogP contribution in [0.1, 0.15) is 38.3 Å². The smallest absolute Gasteiger partial charge is 0.330 e. The number of hydrogen-bond acceptors (Lipinski definition) is 4. The largest absolute Gasteiger partial charge is 0.457 e. The zero-order chi connectivity index (χ0) is 20.4. The molecule has 146 valence electrons. The summed E-state index contributed by atoms with van der Waals surface area (Å²) in [6.07, 6.45) is 3.79. The third kappa shape index (κ3) is 4.45. The molecule has 1 aliphatic rings. The summed E-state index contributed by atoms with van der Waals surface area (Å²) in [5, 5.41) is 0.533. The number of carbonyl (C=O) groups excluding carboxylic acids is 2. The Balaban J connectivity index is 1.94. The highest BCUT2D eigenvalue weighted by atomic mass is 35.5. The SMILES string of the molecule is CC(C)(C)OC(=O)/C=C/C[C@@]1(Cc2ccccc2)C(=O)Oc2ccc(Cl)cc21. The maximum atomic E-state index is 13.0. The highest BCUT2D eigenvalue weighted by molar-refractivity contribution is 6.30. The molecule has 2 aromatic rings. The van der Waals surface area contributed by atoms with Gasteiger partial charge in [-0.3, -0.25) is 4.79 Å². The maximum Gasteiger partial charge on any atom is 0.330 e. The van der Waals surface area contributed by atoms with Crippen LogP contribution in [0.5, 0.6) is 5.75 Å². The van der Waals surface area contributed by atoms with Crippen LogP contribution >= 0.6 is 11.6 Å². The number of benzene rings is 2. The van der Waals surface area contributed by atoms with Gasteiger partial charge in [-0.1, -0.05) is 48.0 Å². The molecule has 0 saturated heterocycles. The lowest BCUT2D eigenvalue weighted by atomic mass is 9.74.